The number of fused-ring (bicyclic) bond motifs is 2. The molecule has 58 heavy (non-hydrogen) atoms. The second-order valence-electron chi connectivity index (χ2n) is 16.0. The Morgan fingerprint density at radius 2 is 1.55 bits per heavy atom. The van der Waals surface area contributed by atoms with Crippen molar-refractivity contribution < 1.29 is 24.0 Å². The zero-order valence-corrected chi connectivity index (χ0v) is 32.8. The number of rotatable bonds is 8. The Bertz CT molecular complexity index is 2490. The highest BCUT2D eigenvalue weighted by molar-refractivity contribution is 6.23. The molecule has 3 fully saturated rings. The molecule has 0 saturated carbocycles. The maximum atomic E-state index is 13.4. The Labute approximate surface area is 335 Å². The van der Waals surface area contributed by atoms with Gasteiger partial charge in [0.05, 0.1) is 23.0 Å². The van der Waals surface area contributed by atoms with E-state index in [1.54, 1.807) is 37.3 Å². The SMILES string of the molecule is Cc1cc(-c2c[nH]c3ncc(-c4ccc(N5CCN(CC6CCN(c7ccc8c(c7)C(=O)N(C7CCC(=O)NC7=O)C8=O)C6)CC5)cc4)nc23)ccc1C(=O)N(C)C. The first-order valence-electron chi connectivity index (χ1n) is 19.9. The Morgan fingerprint density at radius 1 is 0.810 bits per heavy atom. The van der Waals surface area contributed by atoms with E-state index >= 15 is 0 Å². The number of hydrogen-bond donors (Lipinski definition) is 2. The molecule has 3 saturated heterocycles. The molecule has 14 nitrogen and oxygen atoms in total. The van der Waals surface area contributed by atoms with Crippen LogP contribution in [0, 0.1) is 12.8 Å². The largest absolute Gasteiger partial charge is 0.371 e. The van der Waals surface area contributed by atoms with E-state index in [0.29, 0.717) is 28.3 Å². The normalized spacial score (nSPS) is 19.9. The summed E-state index contributed by atoms with van der Waals surface area (Å²) in [6.07, 6.45) is 4.99. The number of anilines is 2. The number of benzene rings is 3. The molecule has 5 aromatic rings. The Balaban J connectivity index is 0.796. The van der Waals surface area contributed by atoms with Gasteiger partial charge in [0, 0.05) is 101 Å². The number of piperazine rings is 1. The predicted octanol–water partition coefficient (Wildman–Crippen LogP) is 4.35. The first kappa shape index (κ1) is 37.2. The molecule has 14 heteroatoms. The van der Waals surface area contributed by atoms with Gasteiger partial charge in [0.1, 0.15) is 11.6 Å². The van der Waals surface area contributed by atoms with Gasteiger partial charge in [0.25, 0.3) is 17.7 Å². The molecular weight excluding hydrogens is 735 g/mol. The fourth-order valence-electron chi connectivity index (χ4n) is 8.83. The summed E-state index contributed by atoms with van der Waals surface area (Å²) in [6.45, 7) is 8.46. The van der Waals surface area contributed by atoms with Crippen LogP contribution in [0.1, 0.15) is 55.9 Å². The lowest BCUT2D eigenvalue weighted by molar-refractivity contribution is -0.136. The lowest BCUT2D eigenvalue weighted by Crippen LogP contribution is -2.54. The van der Waals surface area contributed by atoms with Crippen LogP contribution in [-0.2, 0) is 9.59 Å². The average Bonchev–Trinajstić information content (AvgIpc) is 3.94. The molecule has 6 heterocycles. The van der Waals surface area contributed by atoms with Crippen LogP contribution in [0.3, 0.4) is 0 Å². The molecule has 0 bridgehead atoms. The van der Waals surface area contributed by atoms with Crippen molar-refractivity contribution in [1.29, 1.82) is 0 Å². The quantitative estimate of drug-likeness (QED) is 0.217. The number of carbonyl (C=O) groups excluding carboxylic acids is 5. The third-order valence-electron chi connectivity index (χ3n) is 12.0. The Kier molecular flexibility index (Phi) is 9.51. The van der Waals surface area contributed by atoms with Crippen LogP contribution < -0.4 is 15.1 Å². The number of piperidine rings is 1. The van der Waals surface area contributed by atoms with Crippen molar-refractivity contribution in [3.05, 3.63) is 95.3 Å². The minimum absolute atomic E-state index is 0.0219. The van der Waals surface area contributed by atoms with Gasteiger partial charge in [-0.2, -0.15) is 0 Å². The number of carbonyl (C=O) groups is 5. The monoisotopic (exact) mass is 779 g/mol. The lowest BCUT2D eigenvalue weighted by atomic mass is 10.0. The van der Waals surface area contributed by atoms with Crippen molar-refractivity contribution >= 4 is 52.1 Å². The fourth-order valence-corrected chi connectivity index (χ4v) is 8.83. The van der Waals surface area contributed by atoms with Crippen LogP contribution in [0.5, 0.6) is 0 Å². The van der Waals surface area contributed by atoms with E-state index in [1.807, 2.05) is 37.4 Å². The number of nitrogens with zero attached hydrogens (tertiary/aromatic N) is 7. The van der Waals surface area contributed by atoms with Gasteiger partial charge < -0.3 is 19.7 Å². The molecule has 2 aromatic heterocycles. The molecular formula is C44H45N9O5. The number of nitrogens with one attached hydrogen (secondary N) is 2. The van der Waals surface area contributed by atoms with Gasteiger partial charge in [0.2, 0.25) is 11.8 Å². The van der Waals surface area contributed by atoms with Crippen molar-refractivity contribution in [1.82, 2.24) is 35.0 Å². The maximum Gasteiger partial charge on any atom is 0.262 e. The smallest absolute Gasteiger partial charge is 0.262 e. The molecule has 4 aliphatic rings. The maximum absolute atomic E-state index is 13.4. The topological polar surface area (TPSA) is 155 Å². The zero-order chi connectivity index (χ0) is 40.2. The van der Waals surface area contributed by atoms with Crippen molar-refractivity contribution in [2.75, 3.05) is 69.7 Å². The summed E-state index contributed by atoms with van der Waals surface area (Å²) in [5, 5.41) is 2.25. The molecule has 5 amide bonds. The minimum Gasteiger partial charge on any atom is -0.371 e. The van der Waals surface area contributed by atoms with Gasteiger partial charge in [-0.3, -0.25) is 39.1 Å². The average molecular weight is 780 g/mol. The summed E-state index contributed by atoms with van der Waals surface area (Å²) >= 11 is 0. The summed E-state index contributed by atoms with van der Waals surface area (Å²) < 4.78 is 0. The molecule has 2 atom stereocenters. The van der Waals surface area contributed by atoms with Gasteiger partial charge in [-0.25, -0.2) is 9.97 Å². The molecule has 0 spiro atoms. The third-order valence-corrected chi connectivity index (χ3v) is 12.0. The van der Waals surface area contributed by atoms with Crippen molar-refractivity contribution in [3.8, 4) is 22.4 Å². The van der Waals surface area contributed by atoms with E-state index < -0.39 is 23.8 Å². The number of amides is 5. The number of imide groups is 2. The Morgan fingerprint density at radius 3 is 2.29 bits per heavy atom. The molecule has 296 valence electrons. The molecule has 0 radical (unpaired) electrons. The molecule has 3 aromatic carbocycles. The van der Waals surface area contributed by atoms with E-state index in [2.05, 4.69) is 54.2 Å². The molecule has 0 aliphatic carbocycles. The summed E-state index contributed by atoms with van der Waals surface area (Å²) in [5.41, 5.74) is 9.48. The number of aromatic amines is 1. The third kappa shape index (κ3) is 6.76. The highest BCUT2D eigenvalue weighted by atomic mass is 16.2. The number of aryl methyl sites for hydroxylation is 1. The molecule has 4 aliphatic heterocycles. The van der Waals surface area contributed by atoms with Gasteiger partial charge in [-0.05, 0) is 73.2 Å². The summed E-state index contributed by atoms with van der Waals surface area (Å²) in [7, 11) is 3.51. The van der Waals surface area contributed by atoms with E-state index in [9.17, 15) is 24.0 Å². The fraction of sp³-hybridized carbons (Fsp3) is 0.341. The highest BCUT2D eigenvalue weighted by Crippen LogP contribution is 2.34. The van der Waals surface area contributed by atoms with E-state index in [1.165, 1.54) is 5.69 Å². The summed E-state index contributed by atoms with van der Waals surface area (Å²) in [6, 6.07) is 18.8. The van der Waals surface area contributed by atoms with Crippen LogP contribution in [0.4, 0.5) is 11.4 Å². The minimum atomic E-state index is -0.969. The van der Waals surface area contributed by atoms with Gasteiger partial charge in [-0.1, -0.05) is 24.3 Å². The summed E-state index contributed by atoms with van der Waals surface area (Å²) in [4.78, 5) is 86.0. The van der Waals surface area contributed by atoms with Crippen LogP contribution in [0.25, 0.3) is 33.5 Å². The van der Waals surface area contributed by atoms with Crippen molar-refractivity contribution in [3.63, 3.8) is 0 Å². The van der Waals surface area contributed by atoms with E-state index in [-0.39, 0.29) is 24.7 Å². The van der Waals surface area contributed by atoms with Crippen LogP contribution in [0.2, 0.25) is 0 Å². The van der Waals surface area contributed by atoms with Crippen molar-refractivity contribution in [2.45, 2.75) is 32.2 Å². The standard InChI is InChI=1S/C44H45N9O5/c1-26-20-29(6-10-32(26)42(56)49(2)3)35-22-45-40-39(35)47-36(23-46-40)28-4-7-30(8-5-28)51-18-16-50(17-19-51)24-27-14-15-52(25-27)31-9-11-33-34(21-31)44(58)53(43(33)57)37-12-13-38(54)48-41(37)55/h4-11,20-23,27,37H,12-19,24-25H2,1-3H3,(H,45,46)(H,48,54,55). The molecule has 9 rings (SSSR count). The van der Waals surface area contributed by atoms with Gasteiger partial charge in [-0.15, -0.1) is 0 Å². The van der Waals surface area contributed by atoms with Gasteiger partial charge >= 0.3 is 0 Å². The number of hydrogen-bond acceptors (Lipinski definition) is 10. The van der Waals surface area contributed by atoms with Crippen LogP contribution >= 0.6 is 0 Å². The lowest BCUT2D eigenvalue weighted by Gasteiger charge is -2.37. The molecule has 2 unspecified atom stereocenters. The van der Waals surface area contributed by atoms with Crippen molar-refractivity contribution in [2.24, 2.45) is 5.92 Å². The Hall–Kier alpha value is -6.41. The summed E-state index contributed by atoms with van der Waals surface area (Å²) in [5.74, 6) is -1.49. The van der Waals surface area contributed by atoms with Crippen LogP contribution in [0.15, 0.2) is 73.1 Å². The number of aromatic nitrogens is 3. The first-order chi connectivity index (χ1) is 28.0. The van der Waals surface area contributed by atoms with Crippen LogP contribution in [-0.4, -0.2) is 125 Å². The van der Waals surface area contributed by atoms with E-state index in [4.69, 9.17) is 4.98 Å². The molecule has 2 N–H and O–H groups in total. The van der Waals surface area contributed by atoms with E-state index in [0.717, 1.165) is 96.3 Å². The second-order valence-corrected chi connectivity index (χ2v) is 16.0. The van der Waals surface area contributed by atoms with Gasteiger partial charge in [0.15, 0.2) is 5.65 Å². The second kappa shape index (κ2) is 14.8. The highest BCUT2D eigenvalue weighted by Gasteiger charge is 2.45. The number of H-pyrrole nitrogens is 1. The first-order valence-corrected chi connectivity index (χ1v) is 19.9. The zero-order valence-electron chi connectivity index (χ0n) is 32.8. The predicted molar refractivity (Wildman–Crippen MR) is 220 cm³/mol.